The van der Waals surface area contributed by atoms with Gasteiger partial charge < -0.3 is 23.9 Å². The van der Waals surface area contributed by atoms with Crippen molar-refractivity contribution in [1.29, 1.82) is 0 Å². The third kappa shape index (κ3) is 5.88. The summed E-state index contributed by atoms with van der Waals surface area (Å²) in [4.78, 5) is 23.6. The zero-order valence-electron chi connectivity index (χ0n) is 21.8. The van der Waals surface area contributed by atoms with Crippen LogP contribution in [0.5, 0.6) is 0 Å². The van der Waals surface area contributed by atoms with Crippen molar-refractivity contribution >= 4 is 11.2 Å². The average Bonchev–Trinajstić information content (AvgIpc) is 3.45. The van der Waals surface area contributed by atoms with Crippen LogP contribution in [0, 0.1) is 0 Å². The molecule has 0 spiro atoms. The number of aromatic nitrogens is 4. The third-order valence-electron chi connectivity index (χ3n) is 6.92. The SMILES string of the molecule is O=c1[nH]cnc2c1ncn2C1OCC(OCc2ccccc2)C(OCc2ccccc2)C1OCc1ccccc1. The molecule has 9 heteroatoms. The van der Waals surface area contributed by atoms with Crippen molar-refractivity contribution in [3.63, 3.8) is 0 Å². The lowest BCUT2D eigenvalue weighted by Gasteiger charge is -2.42. The highest BCUT2D eigenvalue weighted by Crippen LogP contribution is 2.33. The van der Waals surface area contributed by atoms with Gasteiger partial charge >= 0.3 is 0 Å². The normalized spacial score (nSPS) is 21.0. The number of benzene rings is 3. The first kappa shape index (κ1) is 26.1. The van der Waals surface area contributed by atoms with Gasteiger partial charge in [-0.15, -0.1) is 0 Å². The molecular weight excluding hydrogens is 508 g/mol. The Morgan fingerprint density at radius 2 is 1.30 bits per heavy atom. The van der Waals surface area contributed by atoms with Crippen molar-refractivity contribution in [3.8, 4) is 0 Å². The maximum absolute atomic E-state index is 12.4. The summed E-state index contributed by atoms with van der Waals surface area (Å²) in [5.41, 5.74) is 3.43. The Morgan fingerprint density at radius 3 is 1.90 bits per heavy atom. The quantitative estimate of drug-likeness (QED) is 0.281. The lowest BCUT2D eigenvalue weighted by atomic mass is 10.0. The molecule has 1 fully saturated rings. The number of nitrogens with zero attached hydrogens (tertiary/aromatic N) is 3. The molecule has 0 radical (unpaired) electrons. The molecule has 0 saturated carbocycles. The molecular formula is C31H30N4O5. The largest absolute Gasteiger partial charge is 0.368 e. The van der Waals surface area contributed by atoms with Crippen molar-refractivity contribution in [2.45, 2.75) is 44.4 Å². The number of H-pyrrole nitrogens is 1. The van der Waals surface area contributed by atoms with Gasteiger partial charge in [-0.1, -0.05) is 91.0 Å². The summed E-state index contributed by atoms with van der Waals surface area (Å²) in [7, 11) is 0. The fraction of sp³-hybridized carbons (Fsp3) is 0.258. The molecule has 4 atom stereocenters. The van der Waals surface area contributed by atoms with Crippen LogP contribution < -0.4 is 5.56 Å². The molecule has 2 aromatic heterocycles. The molecule has 1 aliphatic heterocycles. The van der Waals surface area contributed by atoms with E-state index in [9.17, 15) is 4.79 Å². The fourth-order valence-corrected chi connectivity index (χ4v) is 4.88. The number of ether oxygens (including phenoxy) is 4. The predicted molar refractivity (Wildman–Crippen MR) is 148 cm³/mol. The zero-order valence-corrected chi connectivity index (χ0v) is 21.8. The molecule has 1 saturated heterocycles. The number of imidazole rings is 1. The minimum Gasteiger partial charge on any atom is -0.368 e. The minimum absolute atomic E-state index is 0.233. The summed E-state index contributed by atoms with van der Waals surface area (Å²) in [6.07, 6.45) is 0.770. The highest BCUT2D eigenvalue weighted by molar-refractivity contribution is 5.68. The Labute approximate surface area is 231 Å². The van der Waals surface area contributed by atoms with Crippen LogP contribution >= 0.6 is 0 Å². The second kappa shape index (κ2) is 12.4. The van der Waals surface area contributed by atoms with Crippen molar-refractivity contribution < 1.29 is 18.9 Å². The van der Waals surface area contributed by atoms with E-state index in [1.807, 2.05) is 91.0 Å². The maximum Gasteiger partial charge on any atom is 0.278 e. The van der Waals surface area contributed by atoms with Crippen LogP contribution in [0.1, 0.15) is 22.9 Å². The van der Waals surface area contributed by atoms with Crippen LogP contribution in [0.25, 0.3) is 11.2 Å². The molecule has 3 aromatic carbocycles. The van der Waals surface area contributed by atoms with Gasteiger partial charge in [0.2, 0.25) is 0 Å². The van der Waals surface area contributed by atoms with E-state index < -0.39 is 24.5 Å². The molecule has 6 rings (SSSR count). The molecule has 0 amide bonds. The number of aromatic amines is 1. The number of rotatable bonds is 10. The summed E-state index contributed by atoms with van der Waals surface area (Å²) >= 11 is 0. The monoisotopic (exact) mass is 538 g/mol. The lowest BCUT2D eigenvalue weighted by Crippen LogP contribution is -2.54. The molecule has 0 aliphatic carbocycles. The third-order valence-corrected chi connectivity index (χ3v) is 6.92. The smallest absolute Gasteiger partial charge is 0.278 e. The summed E-state index contributed by atoms with van der Waals surface area (Å²) in [6.45, 7) is 1.37. The van der Waals surface area contributed by atoms with Crippen LogP contribution in [-0.2, 0) is 38.8 Å². The number of nitrogens with one attached hydrogen (secondary N) is 1. The van der Waals surface area contributed by atoms with Gasteiger partial charge in [-0.3, -0.25) is 9.36 Å². The Morgan fingerprint density at radius 1 is 0.750 bits per heavy atom. The molecule has 3 heterocycles. The van der Waals surface area contributed by atoms with Gasteiger partial charge in [-0.2, -0.15) is 0 Å². The first-order chi connectivity index (χ1) is 19.8. The van der Waals surface area contributed by atoms with Gasteiger partial charge in [0, 0.05) is 0 Å². The second-order valence-corrected chi connectivity index (χ2v) is 9.64. The highest BCUT2D eigenvalue weighted by Gasteiger charge is 2.44. The molecule has 5 aromatic rings. The van der Waals surface area contributed by atoms with E-state index in [1.165, 1.54) is 6.33 Å². The summed E-state index contributed by atoms with van der Waals surface area (Å²) in [5.74, 6) is 0. The molecule has 1 aliphatic rings. The lowest BCUT2D eigenvalue weighted by molar-refractivity contribution is -0.255. The van der Waals surface area contributed by atoms with Gasteiger partial charge in [0.1, 0.15) is 18.3 Å². The van der Waals surface area contributed by atoms with Gasteiger partial charge in [0.05, 0.1) is 39.1 Å². The van der Waals surface area contributed by atoms with Gasteiger partial charge in [0.25, 0.3) is 5.56 Å². The van der Waals surface area contributed by atoms with Crippen LogP contribution in [0.3, 0.4) is 0 Å². The van der Waals surface area contributed by atoms with Crippen LogP contribution in [0.4, 0.5) is 0 Å². The summed E-state index contributed by atoms with van der Waals surface area (Å²) in [5, 5.41) is 0. The molecule has 4 unspecified atom stereocenters. The molecule has 9 nitrogen and oxygen atoms in total. The predicted octanol–water partition coefficient (Wildman–Crippen LogP) is 4.40. The highest BCUT2D eigenvalue weighted by atomic mass is 16.6. The van der Waals surface area contributed by atoms with Crippen LogP contribution in [-0.4, -0.2) is 44.4 Å². The number of fused-ring (bicyclic) bond motifs is 1. The average molecular weight is 539 g/mol. The maximum atomic E-state index is 12.4. The Hall–Kier alpha value is -4.15. The molecule has 40 heavy (non-hydrogen) atoms. The summed E-state index contributed by atoms with van der Waals surface area (Å²) < 4.78 is 27.7. The van der Waals surface area contributed by atoms with Crippen molar-refractivity contribution in [3.05, 3.63) is 131 Å². The van der Waals surface area contributed by atoms with E-state index in [4.69, 9.17) is 18.9 Å². The molecule has 0 bridgehead atoms. The number of hydrogen-bond donors (Lipinski definition) is 1. The standard InChI is InChI=1S/C31H30N4O5/c36-30-26-29(32-20-33-30)35(21-34-26)31-28(39-18-24-14-8-3-9-15-24)27(38-17-23-12-6-2-7-13-23)25(19-40-31)37-16-22-10-4-1-5-11-22/h1-15,20-21,25,27-28,31H,16-19H2,(H,32,33,36). The first-order valence-corrected chi connectivity index (χ1v) is 13.2. The van der Waals surface area contributed by atoms with Crippen molar-refractivity contribution in [1.82, 2.24) is 19.5 Å². The van der Waals surface area contributed by atoms with Crippen LogP contribution in [0.2, 0.25) is 0 Å². The van der Waals surface area contributed by atoms with Crippen molar-refractivity contribution in [2.75, 3.05) is 6.61 Å². The van der Waals surface area contributed by atoms with E-state index in [1.54, 1.807) is 10.9 Å². The summed E-state index contributed by atoms with van der Waals surface area (Å²) in [6, 6.07) is 29.9. The Bertz CT molecular complexity index is 1560. The van der Waals surface area contributed by atoms with E-state index in [-0.39, 0.29) is 17.7 Å². The minimum atomic E-state index is -0.652. The molecule has 204 valence electrons. The van der Waals surface area contributed by atoms with Gasteiger partial charge in [-0.05, 0) is 16.7 Å². The van der Waals surface area contributed by atoms with Crippen LogP contribution in [0.15, 0.2) is 108 Å². The first-order valence-electron chi connectivity index (χ1n) is 13.2. The topological polar surface area (TPSA) is 100 Å². The van der Waals surface area contributed by atoms with E-state index in [0.29, 0.717) is 25.5 Å². The second-order valence-electron chi connectivity index (χ2n) is 9.64. The van der Waals surface area contributed by atoms with E-state index in [0.717, 1.165) is 16.7 Å². The Balaban J connectivity index is 1.33. The Kier molecular flexibility index (Phi) is 8.06. The van der Waals surface area contributed by atoms with E-state index >= 15 is 0 Å². The molecule has 1 N–H and O–H groups in total. The van der Waals surface area contributed by atoms with Gasteiger partial charge in [-0.25, -0.2) is 9.97 Å². The fourth-order valence-electron chi connectivity index (χ4n) is 4.88. The zero-order chi connectivity index (χ0) is 27.1. The van der Waals surface area contributed by atoms with E-state index in [2.05, 4.69) is 15.0 Å². The number of hydrogen-bond acceptors (Lipinski definition) is 7. The van der Waals surface area contributed by atoms with Gasteiger partial charge in [0.15, 0.2) is 17.4 Å². The van der Waals surface area contributed by atoms with Crippen molar-refractivity contribution in [2.24, 2.45) is 0 Å².